The number of halogens is 1. The molecule has 7 nitrogen and oxygen atoms in total. The van der Waals surface area contributed by atoms with Crippen molar-refractivity contribution in [1.29, 1.82) is 0 Å². The lowest BCUT2D eigenvalue weighted by Gasteiger charge is -2.07. The summed E-state index contributed by atoms with van der Waals surface area (Å²) in [5.74, 6) is 1.43. The van der Waals surface area contributed by atoms with Crippen molar-refractivity contribution in [3.05, 3.63) is 47.5 Å². The minimum atomic E-state index is -0.193. The largest absolute Gasteiger partial charge is 0.497 e. The van der Waals surface area contributed by atoms with Crippen LogP contribution in [0.2, 0.25) is 5.02 Å². The molecule has 140 valence electrons. The second kappa shape index (κ2) is 8.79. The SMILES string of the molecule is COc1ccc(OC)c(-c2nnc(SCC(=O)Nc3ccc(Cl)cc3)o2)c1. The summed E-state index contributed by atoms with van der Waals surface area (Å²) >= 11 is 6.96. The molecule has 2 aromatic carbocycles. The lowest BCUT2D eigenvalue weighted by atomic mass is 10.2. The van der Waals surface area contributed by atoms with Gasteiger partial charge in [-0.25, -0.2) is 0 Å². The number of ether oxygens (including phenoxy) is 2. The number of carbonyl (C=O) groups excluding carboxylic acids is 1. The normalized spacial score (nSPS) is 10.5. The first kappa shape index (κ1) is 19.1. The summed E-state index contributed by atoms with van der Waals surface area (Å²) < 4.78 is 16.2. The van der Waals surface area contributed by atoms with E-state index in [2.05, 4.69) is 15.5 Å². The zero-order valence-electron chi connectivity index (χ0n) is 14.6. The molecule has 1 amide bonds. The number of nitrogens with one attached hydrogen (secondary N) is 1. The van der Waals surface area contributed by atoms with Crippen molar-refractivity contribution in [2.75, 3.05) is 25.3 Å². The highest BCUT2D eigenvalue weighted by Crippen LogP contribution is 2.33. The van der Waals surface area contributed by atoms with Crippen LogP contribution in [0.5, 0.6) is 11.5 Å². The van der Waals surface area contributed by atoms with Crippen LogP contribution in [-0.4, -0.2) is 36.1 Å². The quantitative estimate of drug-likeness (QED) is 0.591. The summed E-state index contributed by atoms with van der Waals surface area (Å²) in [7, 11) is 3.12. The van der Waals surface area contributed by atoms with Crippen molar-refractivity contribution in [1.82, 2.24) is 10.2 Å². The lowest BCUT2D eigenvalue weighted by molar-refractivity contribution is -0.113. The third-order valence-electron chi connectivity index (χ3n) is 3.50. The van der Waals surface area contributed by atoms with Gasteiger partial charge >= 0.3 is 0 Å². The van der Waals surface area contributed by atoms with Gasteiger partial charge < -0.3 is 19.2 Å². The maximum Gasteiger partial charge on any atom is 0.277 e. The zero-order valence-corrected chi connectivity index (χ0v) is 16.1. The van der Waals surface area contributed by atoms with Crippen LogP contribution >= 0.6 is 23.4 Å². The predicted molar refractivity (Wildman–Crippen MR) is 104 cm³/mol. The average Bonchev–Trinajstić information content (AvgIpc) is 3.16. The monoisotopic (exact) mass is 405 g/mol. The maximum absolute atomic E-state index is 12.0. The molecule has 1 N–H and O–H groups in total. The van der Waals surface area contributed by atoms with E-state index in [-0.39, 0.29) is 22.8 Å². The van der Waals surface area contributed by atoms with Crippen LogP contribution in [-0.2, 0) is 4.79 Å². The molecule has 9 heteroatoms. The number of rotatable bonds is 7. The van der Waals surface area contributed by atoms with Gasteiger partial charge in [0.2, 0.25) is 5.91 Å². The molecule has 1 heterocycles. The summed E-state index contributed by atoms with van der Waals surface area (Å²) in [6.07, 6.45) is 0. The fourth-order valence-electron chi connectivity index (χ4n) is 2.22. The molecule has 0 spiro atoms. The molecule has 0 aliphatic carbocycles. The van der Waals surface area contributed by atoms with Gasteiger partial charge in [0, 0.05) is 10.7 Å². The molecule has 0 atom stereocenters. The molecule has 0 aliphatic heterocycles. The molecule has 1 aromatic heterocycles. The molecular formula is C18H16ClN3O4S. The number of aromatic nitrogens is 2. The Morgan fingerprint density at radius 2 is 1.93 bits per heavy atom. The molecule has 0 bridgehead atoms. The summed E-state index contributed by atoms with van der Waals surface area (Å²) in [6, 6.07) is 12.1. The van der Waals surface area contributed by atoms with Gasteiger partial charge in [0.1, 0.15) is 11.5 Å². The predicted octanol–water partition coefficient (Wildman–Crippen LogP) is 4.14. The first-order valence-corrected chi connectivity index (χ1v) is 9.19. The van der Waals surface area contributed by atoms with E-state index in [1.54, 1.807) is 56.7 Å². The second-order valence-corrected chi connectivity index (χ2v) is 6.65. The molecule has 0 aliphatic rings. The number of benzene rings is 2. The van der Waals surface area contributed by atoms with Crippen LogP contribution in [0.15, 0.2) is 52.1 Å². The molecule has 3 rings (SSSR count). The van der Waals surface area contributed by atoms with Crippen LogP contribution in [0, 0.1) is 0 Å². The Bertz CT molecular complexity index is 931. The van der Waals surface area contributed by atoms with E-state index in [1.165, 1.54) is 0 Å². The Balaban J connectivity index is 1.64. The van der Waals surface area contributed by atoms with Crippen LogP contribution in [0.25, 0.3) is 11.5 Å². The highest BCUT2D eigenvalue weighted by molar-refractivity contribution is 7.99. The molecule has 3 aromatic rings. The van der Waals surface area contributed by atoms with Crippen molar-refractivity contribution >= 4 is 35.0 Å². The fraction of sp³-hybridized carbons (Fsp3) is 0.167. The number of nitrogens with zero attached hydrogens (tertiary/aromatic N) is 2. The van der Waals surface area contributed by atoms with Crippen molar-refractivity contribution in [3.63, 3.8) is 0 Å². The highest BCUT2D eigenvalue weighted by atomic mass is 35.5. The minimum absolute atomic E-state index is 0.125. The number of anilines is 1. The second-order valence-electron chi connectivity index (χ2n) is 5.28. The van der Waals surface area contributed by atoms with E-state index in [1.807, 2.05) is 0 Å². The van der Waals surface area contributed by atoms with Gasteiger partial charge in [0.05, 0.1) is 25.5 Å². The Morgan fingerprint density at radius 3 is 2.63 bits per heavy atom. The molecule has 27 heavy (non-hydrogen) atoms. The van der Waals surface area contributed by atoms with Crippen LogP contribution in [0.1, 0.15) is 0 Å². The van der Waals surface area contributed by atoms with Crippen molar-refractivity contribution in [2.24, 2.45) is 0 Å². The van der Waals surface area contributed by atoms with Crippen LogP contribution in [0.3, 0.4) is 0 Å². The topological polar surface area (TPSA) is 86.5 Å². The Hall–Kier alpha value is -2.71. The first-order valence-electron chi connectivity index (χ1n) is 7.83. The number of hydrogen-bond acceptors (Lipinski definition) is 7. The van der Waals surface area contributed by atoms with Gasteiger partial charge in [0.15, 0.2) is 0 Å². The summed E-state index contributed by atoms with van der Waals surface area (Å²) in [5.41, 5.74) is 1.28. The van der Waals surface area contributed by atoms with Gasteiger partial charge in [-0.3, -0.25) is 4.79 Å². The van der Waals surface area contributed by atoms with Crippen LogP contribution in [0.4, 0.5) is 5.69 Å². The third kappa shape index (κ3) is 4.93. The number of methoxy groups -OCH3 is 2. The number of thioether (sulfide) groups is 1. The van der Waals surface area contributed by atoms with Gasteiger partial charge in [-0.15, -0.1) is 10.2 Å². The zero-order chi connectivity index (χ0) is 19.2. The highest BCUT2D eigenvalue weighted by Gasteiger charge is 2.16. The average molecular weight is 406 g/mol. The van der Waals surface area contributed by atoms with E-state index >= 15 is 0 Å². The minimum Gasteiger partial charge on any atom is -0.497 e. The summed E-state index contributed by atoms with van der Waals surface area (Å²) in [5, 5.41) is 11.6. The van der Waals surface area contributed by atoms with Crippen LogP contribution < -0.4 is 14.8 Å². The first-order chi connectivity index (χ1) is 13.1. The molecular weight excluding hydrogens is 390 g/mol. The molecule has 0 saturated carbocycles. The summed E-state index contributed by atoms with van der Waals surface area (Å²) in [6.45, 7) is 0. The molecule has 0 unspecified atom stereocenters. The number of carbonyl (C=O) groups is 1. The van der Waals surface area contributed by atoms with E-state index in [4.69, 9.17) is 25.5 Å². The molecule has 0 radical (unpaired) electrons. The third-order valence-corrected chi connectivity index (χ3v) is 4.57. The smallest absolute Gasteiger partial charge is 0.277 e. The number of amides is 1. The Morgan fingerprint density at radius 1 is 1.15 bits per heavy atom. The van der Waals surface area contributed by atoms with E-state index in [9.17, 15) is 4.79 Å². The molecule has 0 fully saturated rings. The lowest BCUT2D eigenvalue weighted by Crippen LogP contribution is -2.13. The van der Waals surface area contributed by atoms with E-state index < -0.39 is 0 Å². The van der Waals surface area contributed by atoms with Crippen molar-refractivity contribution in [3.8, 4) is 23.0 Å². The van der Waals surface area contributed by atoms with Gasteiger partial charge in [-0.05, 0) is 42.5 Å². The van der Waals surface area contributed by atoms with E-state index in [0.717, 1.165) is 11.8 Å². The Labute approximate surface area is 165 Å². The summed E-state index contributed by atoms with van der Waals surface area (Å²) in [4.78, 5) is 12.0. The van der Waals surface area contributed by atoms with Crippen molar-refractivity contribution < 1.29 is 18.7 Å². The fourth-order valence-corrected chi connectivity index (χ4v) is 2.90. The number of hydrogen-bond donors (Lipinski definition) is 1. The van der Waals surface area contributed by atoms with E-state index in [0.29, 0.717) is 27.8 Å². The van der Waals surface area contributed by atoms with Gasteiger partial charge in [-0.2, -0.15) is 0 Å². The molecule has 0 saturated heterocycles. The maximum atomic E-state index is 12.0. The Kier molecular flexibility index (Phi) is 6.20. The van der Waals surface area contributed by atoms with Crippen molar-refractivity contribution in [2.45, 2.75) is 5.22 Å². The van der Waals surface area contributed by atoms with Gasteiger partial charge in [0.25, 0.3) is 11.1 Å². The van der Waals surface area contributed by atoms with Gasteiger partial charge in [-0.1, -0.05) is 23.4 Å². The standard InChI is InChI=1S/C18H16ClN3O4S/c1-24-13-7-8-15(25-2)14(9-13)17-21-22-18(26-17)27-10-16(23)20-12-5-3-11(19)4-6-12/h3-9H,10H2,1-2H3,(H,20,23).